The second-order valence-corrected chi connectivity index (χ2v) is 5.30. The van der Waals surface area contributed by atoms with Gasteiger partial charge < -0.3 is 9.30 Å². The average molecular weight is 240 g/mol. The maximum Gasteiger partial charge on any atom is 0.306 e. The summed E-state index contributed by atoms with van der Waals surface area (Å²) < 4.78 is 6.72. The van der Waals surface area contributed by atoms with E-state index < -0.39 is 0 Å². The van der Waals surface area contributed by atoms with Crippen molar-refractivity contribution in [3.05, 3.63) is 12.4 Å². The van der Waals surface area contributed by atoms with Crippen molar-refractivity contribution in [1.82, 2.24) is 9.55 Å². The third-order valence-corrected chi connectivity index (χ3v) is 4.40. The summed E-state index contributed by atoms with van der Waals surface area (Å²) in [6.07, 6.45) is 6.52. The van der Waals surface area contributed by atoms with Gasteiger partial charge in [0.2, 0.25) is 0 Å². The summed E-state index contributed by atoms with van der Waals surface area (Å²) in [6.45, 7) is 0. The number of nitrogens with zero attached hydrogens (tertiary/aromatic N) is 2. The molecule has 1 heterocycles. The first-order chi connectivity index (χ1) is 7.65. The Morgan fingerprint density at radius 3 is 2.94 bits per heavy atom. The average Bonchev–Trinajstić information content (AvgIpc) is 2.91. The van der Waals surface area contributed by atoms with E-state index in [0.717, 1.165) is 23.8 Å². The first kappa shape index (κ1) is 11.5. The van der Waals surface area contributed by atoms with Crippen LogP contribution in [0.1, 0.15) is 19.3 Å². The summed E-state index contributed by atoms with van der Waals surface area (Å²) >= 11 is 1.72. The van der Waals surface area contributed by atoms with Gasteiger partial charge in [0.25, 0.3) is 0 Å². The van der Waals surface area contributed by atoms with Crippen molar-refractivity contribution in [2.75, 3.05) is 12.9 Å². The maximum absolute atomic E-state index is 11.2. The lowest BCUT2D eigenvalue weighted by Crippen LogP contribution is -2.13. The van der Waals surface area contributed by atoms with Crippen molar-refractivity contribution < 1.29 is 9.53 Å². The number of imidazole rings is 1. The number of hydrogen-bond acceptors (Lipinski definition) is 4. The molecule has 1 aromatic rings. The van der Waals surface area contributed by atoms with E-state index in [1.807, 2.05) is 17.8 Å². The third-order valence-electron chi connectivity index (χ3n) is 2.99. The van der Waals surface area contributed by atoms with Gasteiger partial charge in [0.05, 0.1) is 13.5 Å². The largest absolute Gasteiger partial charge is 0.469 e. The Bertz CT molecular complexity index is 385. The molecular formula is C11H16N2O2S. The Hall–Kier alpha value is -0.970. The van der Waals surface area contributed by atoms with Gasteiger partial charge in [-0.3, -0.25) is 4.79 Å². The molecule has 0 radical (unpaired) electrons. The van der Waals surface area contributed by atoms with E-state index in [4.69, 9.17) is 4.74 Å². The Balaban J connectivity index is 1.86. The van der Waals surface area contributed by atoms with Crippen LogP contribution < -0.4 is 0 Å². The second-order valence-electron chi connectivity index (χ2n) is 4.36. The molecule has 1 aliphatic rings. The molecule has 0 spiro atoms. The number of aromatic nitrogens is 2. The molecule has 0 amide bonds. The molecule has 2 rings (SSSR count). The maximum atomic E-state index is 11.2. The number of thioether (sulfide) groups is 1. The highest BCUT2D eigenvalue weighted by molar-refractivity contribution is 7.99. The predicted octanol–water partition coefficient (Wildman–Crippen LogP) is 1.86. The second kappa shape index (κ2) is 4.49. The molecule has 0 saturated heterocycles. The number of hydrogen-bond donors (Lipinski definition) is 0. The molecule has 0 aromatic carbocycles. The number of rotatable bonds is 5. The van der Waals surface area contributed by atoms with Gasteiger partial charge in [0.1, 0.15) is 0 Å². The molecule has 4 nitrogen and oxygen atoms in total. The molecule has 5 heteroatoms. The van der Waals surface area contributed by atoms with Crippen molar-refractivity contribution in [2.45, 2.75) is 24.4 Å². The van der Waals surface area contributed by atoms with Crippen LogP contribution in [0.4, 0.5) is 0 Å². The van der Waals surface area contributed by atoms with Gasteiger partial charge in [-0.25, -0.2) is 4.98 Å². The highest BCUT2D eigenvalue weighted by Gasteiger charge is 2.44. The highest BCUT2D eigenvalue weighted by atomic mass is 32.2. The van der Waals surface area contributed by atoms with Gasteiger partial charge in [-0.05, 0) is 18.3 Å². The van der Waals surface area contributed by atoms with E-state index in [-0.39, 0.29) is 11.4 Å². The summed E-state index contributed by atoms with van der Waals surface area (Å²) in [5.41, 5.74) is 0.170. The standard InChI is InChI=1S/C11H16N2O2S/c1-13-6-5-12-10(13)16-8-11(3-4-11)7-9(14)15-2/h5-6H,3-4,7-8H2,1-2H3. The van der Waals surface area contributed by atoms with Crippen LogP contribution in [0, 0.1) is 5.41 Å². The fourth-order valence-electron chi connectivity index (χ4n) is 1.64. The van der Waals surface area contributed by atoms with Gasteiger partial charge in [-0.1, -0.05) is 11.8 Å². The van der Waals surface area contributed by atoms with E-state index >= 15 is 0 Å². The molecule has 1 aliphatic carbocycles. The summed E-state index contributed by atoms with van der Waals surface area (Å²) in [4.78, 5) is 15.5. The summed E-state index contributed by atoms with van der Waals surface area (Å²) in [5, 5.41) is 1.01. The van der Waals surface area contributed by atoms with Gasteiger partial charge in [-0.2, -0.15) is 0 Å². The molecule has 0 bridgehead atoms. The minimum atomic E-state index is -0.0991. The monoisotopic (exact) mass is 240 g/mol. The van der Waals surface area contributed by atoms with Crippen LogP contribution in [-0.4, -0.2) is 28.4 Å². The molecule has 0 unspecified atom stereocenters. The molecule has 0 aliphatic heterocycles. The first-order valence-electron chi connectivity index (χ1n) is 5.32. The van der Waals surface area contributed by atoms with E-state index in [1.165, 1.54) is 7.11 Å². The lowest BCUT2D eigenvalue weighted by molar-refractivity contribution is -0.141. The van der Waals surface area contributed by atoms with Gasteiger partial charge in [0, 0.05) is 25.2 Å². The molecule has 0 N–H and O–H groups in total. The van der Waals surface area contributed by atoms with E-state index in [0.29, 0.717) is 6.42 Å². The number of carbonyl (C=O) groups excluding carboxylic acids is 1. The van der Waals surface area contributed by atoms with Crippen LogP contribution >= 0.6 is 11.8 Å². The molecule has 0 atom stereocenters. The SMILES string of the molecule is COC(=O)CC1(CSc2nccn2C)CC1. The van der Waals surface area contributed by atoms with Crippen LogP contribution in [0.3, 0.4) is 0 Å². The number of methoxy groups -OCH3 is 1. The van der Waals surface area contributed by atoms with Crippen molar-refractivity contribution >= 4 is 17.7 Å². The van der Waals surface area contributed by atoms with Crippen LogP contribution in [-0.2, 0) is 16.6 Å². The first-order valence-corrected chi connectivity index (χ1v) is 6.31. The summed E-state index contributed by atoms with van der Waals surface area (Å²) in [6, 6.07) is 0. The zero-order chi connectivity index (χ0) is 11.6. The van der Waals surface area contributed by atoms with E-state index in [9.17, 15) is 4.79 Å². The smallest absolute Gasteiger partial charge is 0.306 e. The number of ether oxygens (including phenoxy) is 1. The minimum Gasteiger partial charge on any atom is -0.469 e. The van der Waals surface area contributed by atoms with Crippen molar-refractivity contribution in [1.29, 1.82) is 0 Å². The summed E-state index contributed by atoms with van der Waals surface area (Å²) in [5.74, 6) is 0.852. The predicted molar refractivity (Wildman–Crippen MR) is 62.2 cm³/mol. The lowest BCUT2D eigenvalue weighted by atomic mass is 10.1. The highest BCUT2D eigenvalue weighted by Crippen LogP contribution is 2.51. The fourth-order valence-corrected chi connectivity index (χ4v) is 2.86. The van der Waals surface area contributed by atoms with Crippen LogP contribution in [0.2, 0.25) is 0 Å². The van der Waals surface area contributed by atoms with E-state index in [1.54, 1.807) is 18.0 Å². The van der Waals surface area contributed by atoms with Crippen LogP contribution in [0.5, 0.6) is 0 Å². The lowest BCUT2D eigenvalue weighted by Gasteiger charge is -2.12. The van der Waals surface area contributed by atoms with Crippen molar-refractivity contribution in [3.63, 3.8) is 0 Å². The summed E-state index contributed by atoms with van der Waals surface area (Å²) in [7, 11) is 3.43. The topological polar surface area (TPSA) is 44.1 Å². The Morgan fingerprint density at radius 1 is 1.69 bits per heavy atom. The number of aryl methyl sites for hydroxylation is 1. The van der Waals surface area contributed by atoms with Gasteiger partial charge in [-0.15, -0.1) is 0 Å². The zero-order valence-corrected chi connectivity index (χ0v) is 10.4. The van der Waals surface area contributed by atoms with E-state index in [2.05, 4.69) is 4.98 Å². The van der Waals surface area contributed by atoms with Crippen molar-refractivity contribution in [2.24, 2.45) is 12.5 Å². The van der Waals surface area contributed by atoms with Gasteiger partial charge in [0.15, 0.2) is 5.16 Å². The quantitative estimate of drug-likeness (QED) is 0.582. The molecule has 1 aromatic heterocycles. The van der Waals surface area contributed by atoms with Crippen LogP contribution in [0.15, 0.2) is 17.6 Å². The fraction of sp³-hybridized carbons (Fsp3) is 0.636. The molecule has 16 heavy (non-hydrogen) atoms. The zero-order valence-electron chi connectivity index (χ0n) is 9.60. The normalized spacial score (nSPS) is 17.1. The molecule has 88 valence electrons. The van der Waals surface area contributed by atoms with Crippen molar-refractivity contribution in [3.8, 4) is 0 Å². The Labute approximate surface area is 99.4 Å². The third kappa shape index (κ3) is 2.58. The Morgan fingerprint density at radius 2 is 2.44 bits per heavy atom. The number of carbonyl (C=O) groups is 1. The molecular weight excluding hydrogens is 224 g/mol. The van der Waals surface area contributed by atoms with Gasteiger partial charge >= 0.3 is 5.97 Å². The minimum absolute atomic E-state index is 0.0991. The van der Waals surface area contributed by atoms with Crippen LogP contribution in [0.25, 0.3) is 0 Å². The Kier molecular flexibility index (Phi) is 3.23. The number of esters is 1. The molecule has 1 fully saturated rings. The molecule has 1 saturated carbocycles.